The number of nitrogens with one attached hydrogen (secondary N) is 1. The summed E-state index contributed by atoms with van der Waals surface area (Å²) < 4.78 is 0. The molecular weight excluding hydrogens is 298 g/mol. The second-order valence-corrected chi connectivity index (χ2v) is 5.94. The minimum atomic E-state index is -0.177. The van der Waals surface area contributed by atoms with Gasteiger partial charge in [-0.2, -0.15) is 0 Å². The number of allylic oxidation sites excluding steroid dienone is 7. The van der Waals surface area contributed by atoms with E-state index < -0.39 is 0 Å². The monoisotopic (exact) mass is 333 g/mol. The predicted molar refractivity (Wildman–Crippen MR) is 104 cm³/mol. The van der Waals surface area contributed by atoms with E-state index in [9.17, 15) is 4.79 Å². The largest absolute Gasteiger partial charge is 0.394 e. The van der Waals surface area contributed by atoms with Gasteiger partial charge in [0.2, 0.25) is 5.91 Å². The summed E-state index contributed by atoms with van der Waals surface area (Å²) in [5, 5.41) is 11.5. The Hall–Kier alpha value is -1.61. The van der Waals surface area contributed by atoms with Crippen molar-refractivity contribution in [3.8, 4) is 0 Å². The van der Waals surface area contributed by atoms with Crippen LogP contribution in [0.25, 0.3) is 0 Å². The highest BCUT2D eigenvalue weighted by molar-refractivity contribution is 5.77. The van der Waals surface area contributed by atoms with Crippen molar-refractivity contribution in [2.45, 2.75) is 71.3 Å². The minimum absolute atomic E-state index is 0.0274. The van der Waals surface area contributed by atoms with E-state index in [0.717, 1.165) is 19.3 Å². The van der Waals surface area contributed by atoms with Gasteiger partial charge in [0.1, 0.15) is 0 Å². The molecule has 2 N–H and O–H groups in total. The van der Waals surface area contributed by atoms with Crippen molar-refractivity contribution in [2.24, 2.45) is 0 Å². The van der Waals surface area contributed by atoms with Crippen molar-refractivity contribution in [3.05, 3.63) is 48.6 Å². The molecule has 0 aromatic rings. The lowest BCUT2D eigenvalue weighted by Gasteiger charge is -2.08. The van der Waals surface area contributed by atoms with Crippen molar-refractivity contribution >= 4 is 5.91 Å². The van der Waals surface area contributed by atoms with Crippen molar-refractivity contribution in [2.75, 3.05) is 6.61 Å². The van der Waals surface area contributed by atoms with E-state index in [2.05, 4.69) is 48.7 Å². The van der Waals surface area contributed by atoms with E-state index in [4.69, 9.17) is 5.11 Å². The summed E-state index contributed by atoms with van der Waals surface area (Å²) >= 11 is 0. The fourth-order valence-electron chi connectivity index (χ4n) is 2.01. The van der Waals surface area contributed by atoms with Crippen molar-refractivity contribution in [3.63, 3.8) is 0 Å². The predicted octanol–water partition coefficient (Wildman–Crippen LogP) is 4.85. The van der Waals surface area contributed by atoms with Crippen molar-refractivity contribution in [1.82, 2.24) is 5.32 Å². The number of hydrogen-bond donors (Lipinski definition) is 2. The second kappa shape index (κ2) is 17.7. The summed E-state index contributed by atoms with van der Waals surface area (Å²) in [6.45, 7) is 3.98. The van der Waals surface area contributed by atoms with Gasteiger partial charge in [-0.15, -0.1) is 0 Å². The highest BCUT2D eigenvalue weighted by Gasteiger charge is 2.02. The van der Waals surface area contributed by atoms with Gasteiger partial charge in [0.25, 0.3) is 0 Å². The van der Waals surface area contributed by atoms with Crippen molar-refractivity contribution in [1.29, 1.82) is 0 Å². The van der Waals surface area contributed by atoms with Crippen LogP contribution in [-0.4, -0.2) is 23.7 Å². The molecule has 3 heteroatoms. The van der Waals surface area contributed by atoms with E-state index >= 15 is 0 Å². The third-order valence-corrected chi connectivity index (χ3v) is 3.44. The average Bonchev–Trinajstić information content (AvgIpc) is 2.58. The molecule has 0 saturated carbocycles. The van der Waals surface area contributed by atoms with Gasteiger partial charge >= 0.3 is 0 Å². The highest BCUT2D eigenvalue weighted by Crippen LogP contribution is 2.00. The Kier molecular flexibility index (Phi) is 16.5. The maximum atomic E-state index is 11.4. The van der Waals surface area contributed by atoms with E-state index in [0.29, 0.717) is 6.42 Å². The van der Waals surface area contributed by atoms with Gasteiger partial charge in [0.05, 0.1) is 6.61 Å². The van der Waals surface area contributed by atoms with Crippen LogP contribution in [0, 0.1) is 0 Å². The van der Waals surface area contributed by atoms with Crippen LogP contribution in [0.15, 0.2) is 48.6 Å². The Bertz CT molecular complexity index is 408. The molecule has 0 unspecified atom stereocenters. The second-order valence-electron chi connectivity index (χ2n) is 5.94. The molecule has 24 heavy (non-hydrogen) atoms. The van der Waals surface area contributed by atoms with Crippen LogP contribution >= 0.6 is 0 Å². The lowest BCUT2D eigenvalue weighted by molar-refractivity contribution is -0.121. The number of hydrogen-bond acceptors (Lipinski definition) is 2. The summed E-state index contributed by atoms with van der Waals surface area (Å²) in [7, 11) is 0. The summed E-state index contributed by atoms with van der Waals surface area (Å²) in [5.74, 6) is -0.0533. The number of amides is 1. The first-order valence-corrected chi connectivity index (χ1v) is 9.20. The Balaban J connectivity index is 3.56. The topological polar surface area (TPSA) is 49.3 Å². The molecule has 0 bridgehead atoms. The molecule has 0 radical (unpaired) electrons. The molecule has 0 rings (SSSR count). The molecule has 0 aromatic carbocycles. The van der Waals surface area contributed by atoms with E-state index in [1.54, 1.807) is 6.92 Å². The standard InChI is InChI=1S/C21H35NO2/c1-3-4-5-6-7-8-9-10-11-12-13-14-15-16-17-18-21(24)22-20(2)19-23/h7-8,10-11,13-14,16-17,20,23H,3-6,9,12,15,18-19H2,1-2H3,(H,22,24)/t20-/m1/s1. The molecule has 1 atom stereocenters. The summed E-state index contributed by atoms with van der Waals surface area (Å²) in [4.78, 5) is 11.4. The average molecular weight is 334 g/mol. The minimum Gasteiger partial charge on any atom is -0.394 e. The van der Waals surface area contributed by atoms with Gasteiger partial charge in [-0.3, -0.25) is 4.79 Å². The molecule has 1 amide bonds. The van der Waals surface area contributed by atoms with E-state index in [-0.39, 0.29) is 18.6 Å². The summed E-state index contributed by atoms with van der Waals surface area (Å²) in [6, 6.07) is -0.177. The van der Waals surface area contributed by atoms with Crippen LogP contribution in [0.3, 0.4) is 0 Å². The first kappa shape index (κ1) is 22.4. The molecule has 136 valence electrons. The number of aliphatic hydroxyl groups excluding tert-OH is 1. The van der Waals surface area contributed by atoms with Gasteiger partial charge in [0, 0.05) is 12.5 Å². The number of rotatable bonds is 14. The molecule has 0 aliphatic carbocycles. The van der Waals surface area contributed by atoms with Gasteiger partial charge < -0.3 is 10.4 Å². The number of aliphatic hydroxyl groups is 1. The maximum Gasteiger partial charge on any atom is 0.224 e. The zero-order chi connectivity index (χ0) is 17.9. The smallest absolute Gasteiger partial charge is 0.224 e. The van der Waals surface area contributed by atoms with Crippen LogP contribution in [0.2, 0.25) is 0 Å². The Morgan fingerprint density at radius 1 is 0.917 bits per heavy atom. The maximum absolute atomic E-state index is 11.4. The Morgan fingerprint density at radius 3 is 2.00 bits per heavy atom. The SMILES string of the molecule is CCCCCC=CCC=CCC=CCC=CCC(=O)N[C@H](C)CO. The van der Waals surface area contributed by atoms with Crippen LogP contribution < -0.4 is 5.32 Å². The fourth-order valence-corrected chi connectivity index (χ4v) is 2.01. The molecule has 0 fully saturated rings. The van der Waals surface area contributed by atoms with E-state index in [1.165, 1.54) is 25.7 Å². The zero-order valence-corrected chi connectivity index (χ0v) is 15.4. The van der Waals surface area contributed by atoms with Gasteiger partial charge in [0.15, 0.2) is 0 Å². The van der Waals surface area contributed by atoms with Crippen molar-refractivity contribution < 1.29 is 9.90 Å². The quantitative estimate of drug-likeness (QED) is 0.353. The fraction of sp³-hybridized carbons (Fsp3) is 0.571. The third-order valence-electron chi connectivity index (χ3n) is 3.44. The molecule has 0 saturated heterocycles. The van der Waals surface area contributed by atoms with Gasteiger partial charge in [-0.25, -0.2) is 0 Å². The lowest BCUT2D eigenvalue weighted by Crippen LogP contribution is -2.34. The molecule has 0 aliphatic rings. The molecule has 0 spiro atoms. The normalized spacial score (nSPS) is 13.6. The molecule has 0 heterocycles. The Labute approximate surface area is 148 Å². The molecular formula is C21H35NO2. The van der Waals surface area contributed by atoms with Crippen LogP contribution in [0.5, 0.6) is 0 Å². The third kappa shape index (κ3) is 16.8. The van der Waals surface area contributed by atoms with Crippen LogP contribution in [0.1, 0.15) is 65.2 Å². The van der Waals surface area contributed by atoms with Crippen LogP contribution in [0.4, 0.5) is 0 Å². The molecule has 0 aromatic heterocycles. The lowest BCUT2D eigenvalue weighted by atomic mass is 10.2. The number of carbonyl (C=O) groups excluding carboxylic acids is 1. The van der Waals surface area contributed by atoms with Gasteiger partial charge in [-0.1, -0.05) is 68.4 Å². The van der Waals surface area contributed by atoms with Gasteiger partial charge in [-0.05, 0) is 39.0 Å². The number of carbonyl (C=O) groups is 1. The van der Waals surface area contributed by atoms with Crippen LogP contribution in [-0.2, 0) is 4.79 Å². The molecule has 0 aliphatic heterocycles. The first-order chi connectivity index (χ1) is 11.7. The highest BCUT2D eigenvalue weighted by atomic mass is 16.3. The first-order valence-electron chi connectivity index (χ1n) is 9.20. The van der Waals surface area contributed by atoms with E-state index in [1.807, 2.05) is 12.2 Å². The number of unbranched alkanes of at least 4 members (excludes halogenated alkanes) is 3. The molecule has 3 nitrogen and oxygen atoms in total. The zero-order valence-electron chi connectivity index (χ0n) is 15.4. The Morgan fingerprint density at radius 2 is 1.46 bits per heavy atom. The summed E-state index contributed by atoms with van der Waals surface area (Å²) in [6.07, 6.45) is 25.3. The summed E-state index contributed by atoms with van der Waals surface area (Å²) in [5.41, 5.74) is 0.